The summed E-state index contributed by atoms with van der Waals surface area (Å²) in [6, 6.07) is 3.87. The molecule has 3 aromatic heterocycles. The summed E-state index contributed by atoms with van der Waals surface area (Å²) in [6.07, 6.45) is 5.35. The van der Waals surface area contributed by atoms with Gasteiger partial charge >= 0.3 is 0 Å². The normalized spacial score (nSPS) is 18.9. The standard InChI is InChI=1S/C30H41N7O3/c1-18(2)37-27-25(16-32-37)23(28(38)31-15-24-19(3)13-20(4)33-29(24)39)14-26(34-27)21-8-11-36(12-9-21)30(40)22-7-6-10-35(5)17-22/h13-14,16,18,21-22H,6-12,15,17H2,1-5H3,(H,31,38)(H,33,39). The van der Waals surface area contributed by atoms with Crippen LogP contribution in [0.1, 0.15) is 84.4 Å². The first-order valence-corrected chi connectivity index (χ1v) is 14.5. The number of aromatic nitrogens is 4. The number of rotatable bonds is 6. The van der Waals surface area contributed by atoms with Crippen LogP contribution in [0, 0.1) is 19.8 Å². The minimum Gasteiger partial charge on any atom is -0.348 e. The van der Waals surface area contributed by atoms with Gasteiger partial charge in [-0.15, -0.1) is 0 Å². The maximum atomic E-state index is 13.5. The Morgan fingerprint density at radius 3 is 2.55 bits per heavy atom. The minimum atomic E-state index is -0.259. The lowest BCUT2D eigenvalue weighted by molar-refractivity contribution is -0.138. The molecule has 5 rings (SSSR count). The van der Waals surface area contributed by atoms with E-state index in [1.807, 2.05) is 49.4 Å². The predicted octanol–water partition coefficient (Wildman–Crippen LogP) is 3.30. The molecule has 2 N–H and O–H groups in total. The van der Waals surface area contributed by atoms with Crippen molar-refractivity contribution in [2.24, 2.45) is 5.92 Å². The Balaban J connectivity index is 1.37. The number of aromatic amines is 1. The Kier molecular flexibility index (Phi) is 8.07. The third kappa shape index (κ3) is 5.68. The first kappa shape index (κ1) is 28.0. The largest absolute Gasteiger partial charge is 0.348 e. The van der Waals surface area contributed by atoms with Crippen LogP contribution < -0.4 is 10.9 Å². The predicted molar refractivity (Wildman–Crippen MR) is 154 cm³/mol. The molecule has 5 heterocycles. The van der Waals surface area contributed by atoms with Crippen molar-refractivity contribution in [2.45, 2.75) is 71.9 Å². The van der Waals surface area contributed by atoms with Crippen molar-refractivity contribution in [2.75, 3.05) is 33.2 Å². The van der Waals surface area contributed by atoms with Crippen molar-refractivity contribution in [3.05, 3.63) is 56.8 Å². The van der Waals surface area contributed by atoms with Gasteiger partial charge in [-0.25, -0.2) is 9.67 Å². The number of nitrogens with one attached hydrogen (secondary N) is 2. The third-order valence-electron chi connectivity index (χ3n) is 8.44. The van der Waals surface area contributed by atoms with E-state index >= 15 is 0 Å². The number of hydrogen-bond acceptors (Lipinski definition) is 6. The van der Waals surface area contributed by atoms with Gasteiger partial charge < -0.3 is 20.1 Å². The number of hydrogen-bond donors (Lipinski definition) is 2. The summed E-state index contributed by atoms with van der Waals surface area (Å²) in [5.41, 5.74) is 4.04. The molecule has 3 aromatic rings. The highest BCUT2D eigenvalue weighted by Crippen LogP contribution is 2.32. The number of fused-ring (bicyclic) bond motifs is 1. The average Bonchev–Trinajstić information content (AvgIpc) is 3.36. The number of piperidine rings is 2. The Hall–Kier alpha value is -3.53. The van der Waals surface area contributed by atoms with Gasteiger partial charge in [-0.2, -0.15) is 5.10 Å². The SMILES string of the molecule is Cc1cc(C)c(CNC(=O)c2cc(C3CCN(C(=O)C4CCCN(C)C4)CC3)nc3c2cnn3C(C)C)c(=O)[nH]1. The van der Waals surface area contributed by atoms with E-state index in [4.69, 9.17) is 4.98 Å². The highest BCUT2D eigenvalue weighted by Gasteiger charge is 2.32. The van der Waals surface area contributed by atoms with Crippen LogP contribution in [-0.2, 0) is 11.3 Å². The van der Waals surface area contributed by atoms with E-state index in [0.717, 1.165) is 55.7 Å². The molecule has 214 valence electrons. The molecule has 0 aromatic carbocycles. The van der Waals surface area contributed by atoms with Crippen LogP contribution in [0.4, 0.5) is 0 Å². The van der Waals surface area contributed by atoms with Crippen molar-refractivity contribution >= 4 is 22.8 Å². The number of likely N-dealkylation sites (tertiary alicyclic amines) is 2. The van der Waals surface area contributed by atoms with Crippen LogP contribution in [-0.4, -0.2) is 74.6 Å². The lowest BCUT2D eigenvalue weighted by Crippen LogP contribution is -2.46. The lowest BCUT2D eigenvalue weighted by atomic mass is 9.90. The molecule has 0 aliphatic carbocycles. The maximum Gasteiger partial charge on any atom is 0.253 e. The van der Waals surface area contributed by atoms with Crippen molar-refractivity contribution in [1.29, 1.82) is 0 Å². The van der Waals surface area contributed by atoms with E-state index in [-0.39, 0.29) is 41.8 Å². The van der Waals surface area contributed by atoms with Crippen LogP contribution in [0.3, 0.4) is 0 Å². The summed E-state index contributed by atoms with van der Waals surface area (Å²) in [5.74, 6) is 0.245. The summed E-state index contributed by atoms with van der Waals surface area (Å²) in [6.45, 7) is 11.2. The maximum absolute atomic E-state index is 13.5. The van der Waals surface area contributed by atoms with Gasteiger partial charge in [0.15, 0.2) is 5.65 Å². The van der Waals surface area contributed by atoms with Gasteiger partial charge in [-0.1, -0.05) is 0 Å². The molecule has 1 atom stereocenters. The second kappa shape index (κ2) is 11.5. The fourth-order valence-electron chi connectivity index (χ4n) is 6.20. The molecule has 40 heavy (non-hydrogen) atoms. The van der Waals surface area contributed by atoms with E-state index in [1.54, 1.807) is 6.20 Å². The Morgan fingerprint density at radius 2 is 1.88 bits per heavy atom. The van der Waals surface area contributed by atoms with E-state index < -0.39 is 0 Å². The van der Waals surface area contributed by atoms with Crippen LogP contribution in [0.15, 0.2) is 23.1 Å². The Bertz CT molecular complexity index is 1470. The summed E-state index contributed by atoms with van der Waals surface area (Å²) < 4.78 is 1.85. The van der Waals surface area contributed by atoms with Crippen LogP contribution in [0.2, 0.25) is 0 Å². The molecule has 2 aliphatic heterocycles. The minimum absolute atomic E-state index is 0.0815. The number of carbonyl (C=O) groups excluding carboxylic acids is 2. The molecule has 10 heteroatoms. The lowest BCUT2D eigenvalue weighted by Gasteiger charge is -2.36. The Labute approximate surface area is 235 Å². The number of carbonyl (C=O) groups is 2. The zero-order valence-corrected chi connectivity index (χ0v) is 24.3. The van der Waals surface area contributed by atoms with Gasteiger partial charge in [0.2, 0.25) is 5.91 Å². The highest BCUT2D eigenvalue weighted by molar-refractivity contribution is 6.05. The second-order valence-electron chi connectivity index (χ2n) is 11.8. The smallest absolute Gasteiger partial charge is 0.253 e. The fraction of sp³-hybridized carbons (Fsp3) is 0.567. The van der Waals surface area contributed by atoms with Gasteiger partial charge in [0.1, 0.15) is 0 Å². The van der Waals surface area contributed by atoms with E-state index in [9.17, 15) is 14.4 Å². The molecule has 2 fully saturated rings. The molecule has 0 bridgehead atoms. The van der Waals surface area contributed by atoms with Gasteiger partial charge in [0.05, 0.1) is 23.1 Å². The van der Waals surface area contributed by atoms with E-state index in [0.29, 0.717) is 35.2 Å². The first-order valence-electron chi connectivity index (χ1n) is 14.5. The molecule has 1 unspecified atom stereocenters. The third-order valence-corrected chi connectivity index (χ3v) is 8.44. The van der Waals surface area contributed by atoms with Crippen molar-refractivity contribution in [3.8, 4) is 0 Å². The highest BCUT2D eigenvalue weighted by atomic mass is 16.2. The zero-order valence-electron chi connectivity index (χ0n) is 24.3. The molecule has 0 saturated carbocycles. The molecule has 10 nitrogen and oxygen atoms in total. The van der Waals surface area contributed by atoms with Crippen LogP contribution >= 0.6 is 0 Å². The van der Waals surface area contributed by atoms with Gasteiger partial charge in [-0.3, -0.25) is 14.4 Å². The molecular weight excluding hydrogens is 506 g/mol. The molecule has 2 saturated heterocycles. The molecule has 2 amide bonds. The monoisotopic (exact) mass is 547 g/mol. The average molecular weight is 548 g/mol. The molecule has 2 aliphatic rings. The van der Waals surface area contributed by atoms with Gasteiger partial charge in [-0.05, 0) is 84.7 Å². The summed E-state index contributed by atoms with van der Waals surface area (Å²) >= 11 is 0. The molecule has 0 spiro atoms. The first-order chi connectivity index (χ1) is 19.1. The number of pyridine rings is 2. The van der Waals surface area contributed by atoms with Gasteiger partial charge in [0, 0.05) is 55.1 Å². The molecule has 0 radical (unpaired) electrons. The van der Waals surface area contributed by atoms with E-state index in [2.05, 4.69) is 27.3 Å². The number of H-pyrrole nitrogens is 1. The summed E-state index contributed by atoms with van der Waals surface area (Å²) in [5, 5.41) is 8.19. The number of amides is 2. The fourth-order valence-corrected chi connectivity index (χ4v) is 6.20. The zero-order chi connectivity index (χ0) is 28.6. The van der Waals surface area contributed by atoms with E-state index in [1.165, 1.54) is 0 Å². The summed E-state index contributed by atoms with van der Waals surface area (Å²) in [4.78, 5) is 51.3. The molecular formula is C30H41N7O3. The number of nitrogens with zero attached hydrogens (tertiary/aromatic N) is 5. The van der Waals surface area contributed by atoms with Crippen molar-refractivity contribution in [3.63, 3.8) is 0 Å². The topological polar surface area (TPSA) is 116 Å². The second-order valence-corrected chi connectivity index (χ2v) is 11.8. The summed E-state index contributed by atoms with van der Waals surface area (Å²) in [7, 11) is 2.09. The van der Waals surface area contributed by atoms with Crippen molar-refractivity contribution in [1.82, 2.24) is 34.9 Å². The van der Waals surface area contributed by atoms with Gasteiger partial charge in [0.25, 0.3) is 11.5 Å². The van der Waals surface area contributed by atoms with Crippen LogP contribution in [0.25, 0.3) is 11.0 Å². The number of aryl methyl sites for hydroxylation is 2. The van der Waals surface area contributed by atoms with Crippen molar-refractivity contribution < 1.29 is 9.59 Å². The Morgan fingerprint density at radius 1 is 1.12 bits per heavy atom. The quantitative estimate of drug-likeness (QED) is 0.489. The van der Waals surface area contributed by atoms with Crippen LogP contribution in [0.5, 0.6) is 0 Å².